The number of hydrogen-bond donors (Lipinski definition) is 0. The van der Waals surface area contributed by atoms with Gasteiger partial charge in [0.05, 0.1) is 19.8 Å². The standard InChI is InChI=1S/C18H21BrN4O2/c19-15-3-1-14(2-4-15)16-12-23(7-10-25-16)18-11-17(20-13-21-18)22-5-8-24-9-6-22/h1-4,11,13,16H,5-10,12H2. The summed E-state index contributed by atoms with van der Waals surface area (Å²) in [6.07, 6.45) is 1.72. The molecule has 1 unspecified atom stereocenters. The molecule has 25 heavy (non-hydrogen) atoms. The van der Waals surface area contributed by atoms with Gasteiger partial charge in [0, 0.05) is 36.7 Å². The third-order valence-corrected chi connectivity index (χ3v) is 5.13. The van der Waals surface area contributed by atoms with Gasteiger partial charge in [0.1, 0.15) is 24.1 Å². The number of hydrogen-bond acceptors (Lipinski definition) is 6. The van der Waals surface area contributed by atoms with Crippen LogP contribution in [0, 0.1) is 0 Å². The molecule has 2 aliphatic rings. The van der Waals surface area contributed by atoms with Gasteiger partial charge < -0.3 is 19.3 Å². The Labute approximate surface area is 155 Å². The number of rotatable bonds is 3. The van der Waals surface area contributed by atoms with Gasteiger partial charge in [0.15, 0.2) is 0 Å². The number of morpholine rings is 2. The van der Waals surface area contributed by atoms with E-state index in [2.05, 4.69) is 66.0 Å². The van der Waals surface area contributed by atoms with E-state index >= 15 is 0 Å². The quantitative estimate of drug-likeness (QED) is 0.783. The molecule has 2 fully saturated rings. The van der Waals surface area contributed by atoms with Gasteiger partial charge >= 0.3 is 0 Å². The minimum atomic E-state index is 0.0589. The van der Waals surface area contributed by atoms with Gasteiger partial charge in [-0.25, -0.2) is 9.97 Å². The normalized spacial score (nSPS) is 21.4. The minimum Gasteiger partial charge on any atom is -0.378 e. The van der Waals surface area contributed by atoms with Gasteiger partial charge in [-0.15, -0.1) is 0 Å². The van der Waals surface area contributed by atoms with Gasteiger partial charge in [-0.05, 0) is 17.7 Å². The smallest absolute Gasteiger partial charge is 0.134 e. The third kappa shape index (κ3) is 3.94. The number of aromatic nitrogens is 2. The molecule has 1 aromatic carbocycles. The largest absolute Gasteiger partial charge is 0.378 e. The molecule has 3 heterocycles. The second kappa shape index (κ2) is 7.68. The maximum atomic E-state index is 5.97. The molecule has 0 radical (unpaired) electrons. The average Bonchev–Trinajstić information content (AvgIpc) is 2.69. The van der Waals surface area contributed by atoms with Gasteiger partial charge in [0.2, 0.25) is 0 Å². The van der Waals surface area contributed by atoms with Crippen LogP contribution < -0.4 is 9.80 Å². The summed E-state index contributed by atoms with van der Waals surface area (Å²) in [5.41, 5.74) is 1.19. The zero-order valence-corrected chi connectivity index (χ0v) is 15.6. The van der Waals surface area contributed by atoms with E-state index < -0.39 is 0 Å². The highest BCUT2D eigenvalue weighted by Gasteiger charge is 2.24. The van der Waals surface area contributed by atoms with Gasteiger partial charge in [-0.3, -0.25) is 0 Å². The molecule has 4 rings (SSSR count). The van der Waals surface area contributed by atoms with E-state index in [0.717, 1.165) is 55.5 Å². The lowest BCUT2D eigenvalue weighted by Crippen LogP contribution is -2.39. The minimum absolute atomic E-state index is 0.0589. The van der Waals surface area contributed by atoms with Crippen molar-refractivity contribution in [3.8, 4) is 0 Å². The molecule has 0 bridgehead atoms. The van der Waals surface area contributed by atoms with Gasteiger partial charge in [-0.1, -0.05) is 28.1 Å². The molecular formula is C18H21BrN4O2. The van der Waals surface area contributed by atoms with Crippen LogP contribution in [-0.4, -0.2) is 56.0 Å². The summed E-state index contributed by atoms with van der Waals surface area (Å²) < 4.78 is 12.5. The molecule has 1 atom stereocenters. The summed E-state index contributed by atoms with van der Waals surface area (Å²) in [6.45, 7) is 5.58. The molecule has 0 aliphatic carbocycles. The number of nitrogens with zero attached hydrogens (tertiary/aromatic N) is 4. The van der Waals surface area contributed by atoms with Crippen molar-refractivity contribution in [2.75, 3.05) is 55.8 Å². The SMILES string of the molecule is Brc1ccc(C2CN(c3cc(N4CCOCC4)ncn3)CCO2)cc1. The first-order chi connectivity index (χ1) is 12.3. The zero-order chi connectivity index (χ0) is 17.1. The Hall–Kier alpha value is -1.70. The zero-order valence-electron chi connectivity index (χ0n) is 14.0. The summed E-state index contributed by atoms with van der Waals surface area (Å²) in [6, 6.07) is 10.4. The van der Waals surface area contributed by atoms with Crippen molar-refractivity contribution in [2.24, 2.45) is 0 Å². The lowest BCUT2D eigenvalue weighted by atomic mass is 10.1. The molecule has 2 saturated heterocycles. The molecule has 1 aromatic heterocycles. The Morgan fingerprint density at radius 3 is 2.36 bits per heavy atom. The van der Waals surface area contributed by atoms with Crippen LogP contribution in [0.15, 0.2) is 41.1 Å². The molecule has 132 valence electrons. The van der Waals surface area contributed by atoms with E-state index in [9.17, 15) is 0 Å². The average molecular weight is 405 g/mol. The van der Waals surface area contributed by atoms with Crippen LogP contribution in [0.4, 0.5) is 11.6 Å². The highest BCUT2D eigenvalue weighted by molar-refractivity contribution is 9.10. The maximum absolute atomic E-state index is 5.97. The topological polar surface area (TPSA) is 50.7 Å². The van der Waals surface area contributed by atoms with Crippen molar-refractivity contribution in [3.05, 3.63) is 46.7 Å². The van der Waals surface area contributed by atoms with Gasteiger partial charge in [-0.2, -0.15) is 0 Å². The van der Waals surface area contributed by atoms with Crippen molar-refractivity contribution in [2.45, 2.75) is 6.10 Å². The van der Waals surface area contributed by atoms with Crippen molar-refractivity contribution < 1.29 is 9.47 Å². The van der Waals surface area contributed by atoms with E-state index in [0.29, 0.717) is 6.61 Å². The predicted molar refractivity (Wildman–Crippen MR) is 100 cm³/mol. The van der Waals surface area contributed by atoms with Crippen molar-refractivity contribution in [3.63, 3.8) is 0 Å². The van der Waals surface area contributed by atoms with Crippen molar-refractivity contribution in [1.82, 2.24) is 9.97 Å². The molecule has 2 aromatic rings. The summed E-state index contributed by atoms with van der Waals surface area (Å²) in [7, 11) is 0. The lowest BCUT2D eigenvalue weighted by molar-refractivity contribution is 0.0395. The molecule has 7 heteroatoms. The molecule has 6 nitrogen and oxygen atoms in total. The van der Waals surface area contributed by atoms with Crippen LogP contribution in [0.2, 0.25) is 0 Å². The van der Waals surface area contributed by atoms with E-state index in [1.807, 2.05) is 0 Å². The van der Waals surface area contributed by atoms with Crippen LogP contribution in [0.25, 0.3) is 0 Å². The fourth-order valence-corrected chi connectivity index (χ4v) is 3.48. The first-order valence-electron chi connectivity index (χ1n) is 8.56. The monoisotopic (exact) mass is 404 g/mol. The van der Waals surface area contributed by atoms with Crippen molar-refractivity contribution >= 4 is 27.6 Å². The molecule has 0 saturated carbocycles. The van der Waals surface area contributed by atoms with Crippen LogP contribution in [0.5, 0.6) is 0 Å². The Balaban J connectivity index is 1.50. The number of ether oxygens (including phenoxy) is 2. The first-order valence-corrected chi connectivity index (χ1v) is 9.36. The van der Waals surface area contributed by atoms with E-state index in [4.69, 9.17) is 9.47 Å². The summed E-state index contributed by atoms with van der Waals surface area (Å²) in [4.78, 5) is 13.5. The number of benzene rings is 1. The first kappa shape index (κ1) is 16.8. The molecule has 0 spiro atoms. The highest BCUT2D eigenvalue weighted by Crippen LogP contribution is 2.27. The van der Waals surface area contributed by atoms with Crippen LogP contribution in [0.1, 0.15) is 11.7 Å². The molecular weight excluding hydrogens is 384 g/mol. The van der Waals surface area contributed by atoms with E-state index in [1.54, 1.807) is 6.33 Å². The van der Waals surface area contributed by atoms with E-state index in [-0.39, 0.29) is 6.10 Å². The number of halogens is 1. The fourth-order valence-electron chi connectivity index (χ4n) is 3.21. The fraction of sp³-hybridized carbons (Fsp3) is 0.444. The second-order valence-corrected chi connectivity index (χ2v) is 7.11. The molecule has 2 aliphatic heterocycles. The molecule has 0 amide bonds. The third-order valence-electron chi connectivity index (χ3n) is 4.61. The van der Waals surface area contributed by atoms with Crippen LogP contribution in [-0.2, 0) is 9.47 Å². The lowest BCUT2D eigenvalue weighted by Gasteiger charge is -2.34. The van der Waals surface area contributed by atoms with Gasteiger partial charge in [0.25, 0.3) is 0 Å². The number of anilines is 2. The second-order valence-electron chi connectivity index (χ2n) is 6.19. The summed E-state index contributed by atoms with van der Waals surface area (Å²) >= 11 is 3.48. The van der Waals surface area contributed by atoms with Crippen LogP contribution >= 0.6 is 15.9 Å². The predicted octanol–water partition coefficient (Wildman–Crippen LogP) is 2.65. The Morgan fingerprint density at radius 2 is 1.60 bits per heavy atom. The van der Waals surface area contributed by atoms with Crippen molar-refractivity contribution in [1.29, 1.82) is 0 Å². The summed E-state index contributed by atoms with van der Waals surface area (Å²) in [5.74, 6) is 1.93. The van der Waals surface area contributed by atoms with Crippen LogP contribution in [0.3, 0.4) is 0 Å². The molecule has 0 N–H and O–H groups in total. The Bertz CT molecular complexity index is 706. The summed E-state index contributed by atoms with van der Waals surface area (Å²) in [5, 5.41) is 0. The maximum Gasteiger partial charge on any atom is 0.134 e. The van der Waals surface area contributed by atoms with E-state index in [1.165, 1.54) is 5.56 Å². The Morgan fingerprint density at radius 1 is 0.920 bits per heavy atom. The highest BCUT2D eigenvalue weighted by atomic mass is 79.9. The Kier molecular flexibility index (Phi) is 5.14.